The molecular formula is C21H22N2O4S. The number of amides is 1. The zero-order chi connectivity index (χ0) is 19.9. The predicted molar refractivity (Wildman–Crippen MR) is 111 cm³/mol. The molecule has 3 aromatic rings. The number of nitrogens with zero attached hydrogens (tertiary/aromatic N) is 1. The highest BCUT2D eigenvalue weighted by atomic mass is 32.1. The molecule has 2 aromatic carbocycles. The van der Waals surface area contributed by atoms with Crippen LogP contribution in [0.5, 0.6) is 17.2 Å². The van der Waals surface area contributed by atoms with Gasteiger partial charge in [-0.3, -0.25) is 10.1 Å². The lowest BCUT2D eigenvalue weighted by Crippen LogP contribution is -2.13. The van der Waals surface area contributed by atoms with E-state index in [2.05, 4.69) is 17.2 Å². The van der Waals surface area contributed by atoms with Crippen LogP contribution in [0.15, 0.2) is 47.8 Å². The Labute approximate surface area is 168 Å². The summed E-state index contributed by atoms with van der Waals surface area (Å²) in [5.74, 6) is 1.42. The van der Waals surface area contributed by atoms with Gasteiger partial charge in [-0.15, -0.1) is 11.3 Å². The van der Waals surface area contributed by atoms with Crippen molar-refractivity contribution in [1.82, 2.24) is 4.98 Å². The summed E-state index contributed by atoms with van der Waals surface area (Å²) in [6, 6.07) is 12.9. The maximum atomic E-state index is 12.7. The van der Waals surface area contributed by atoms with Gasteiger partial charge in [-0.25, -0.2) is 4.98 Å². The van der Waals surface area contributed by atoms with Crippen molar-refractivity contribution in [3.63, 3.8) is 0 Å². The van der Waals surface area contributed by atoms with E-state index in [1.807, 2.05) is 29.6 Å². The molecule has 0 aliphatic heterocycles. The normalized spacial score (nSPS) is 10.4. The number of methoxy groups -OCH3 is 2. The Morgan fingerprint density at radius 1 is 1.11 bits per heavy atom. The Bertz CT molecular complexity index is 938. The molecule has 0 bridgehead atoms. The van der Waals surface area contributed by atoms with Crippen LogP contribution in [0.1, 0.15) is 23.7 Å². The number of hydrogen-bond acceptors (Lipinski definition) is 6. The number of carbonyl (C=O) groups excluding carboxylic acids is 1. The van der Waals surface area contributed by atoms with E-state index in [0.717, 1.165) is 23.4 Å². The topological polar surface area (TPSA) is 69.7 Å². The summed E-state index contributed by atoms with van der Waals surface area (Å²) in [5, 5.41) is 5.24. The third-order valence-corrected chi connectivity index (χ3v) is 4.75. The van der Waals surface area contributed by atoms with Gasteiger partial charge in [0.15, 0.2) is 16.6 Å². The van der Waals surface area contributed by atoms with E-state index in [9.17, 15) is 4.79 Å². The molecule has 6 nitrogen and oxygen atoms in total. The standard InChI is InChI=1S/C21H22N2O4S/c1-4-12-27-15-10-8-14(9-11-15)17-13-28-21(22-17)23-20(24)16-6-5-7-18(25-2)19(16)26-3/h5-11,13H,4,12H2,1-3H3,(H,22,23,24). The summed E-state index contributed by atoms with van der Waals surface area (Å²) in [4.78, 5) is 17.2. The van der Waals surface area contributed by atoms with Crippen molar-refractivity contribution in [1.29, 1.82) is 0 Å². The lowest BCUT2D eigenvalue weighted by Gasteiger charge is -2.11. The second kappa shape index (κ2) is 9.23. The first-order chi connectivity index (χ1) is 13.7. The van der Waals surface area contributed by atoms with Crippen LogP contribution in [0.25, 0.3) is 11.3 Å². The monoisotopic (exact) mass is 398 g/mol. The summed E-state index contributed by atoms with van der Waals surface area (Å²) in [7, 11) is 3.04. The van der Waals surface area contributed by atoms with Gasteiger partial charge >= 0.3 is 0 Å². The molecule has 0 aliphatic carbocycles. The first kappa shape index (κ1) is 19.7. The van der Waals surface area contributed by atoms with Gasteiger partial charge in [0, 0.05) is 10.9 Å². The molecule has 1 heterocycles. The third kappa shape index (κ3) is 4.43. The number of carbonyl (C=O) groups is 1. The van der Waals surface area contributed by atoms with Gasteiger partial charge in [0.2, 0.25) is 0 Å². The van der Waals surface area contributed by atoms with E-state index in [4.69, 9.17) is 14.2 Å². The number of para-hydroxylation sites is 1. The Kier molecular flexibility index (Phi) is 6.49. The fourth-order valence-electron chi connectivity index (χ4n) is 2.64. The Morgan fingerprint density at radius 3 is 2.57 bits per heavy atom. The van der Waals surface area contributed by atoms with Gasteiger partial charge < -0.3 is 14.2 Å². The lowest BCUT2D eigenvalue weighted by molar-refractivity contribution is 0.102. The van der Waals surface area contributed by atoms with Crippen LogP contribution in [-0.4, -0.2) is 31.7 Å². The third-order valence-electron chi connectivity index (χ3n) is 4.00. The average Bonchev–Trinajstić information content (AvgIpc) is 3.20. The van der Waals surface area contributed by atoms with Crippen LogP contribution < -0.4 is 19.5 Å². The van der Waals surface area contributed by atoms with E-state index in [1.54, 1.807) is 18.2 Å². The summed E-state index contributed by atoms with van der Waals surface area (Å²) in [6.07, 6.45) is 0.967. The van der Waals surface area contributed by atoms with Gasteiger partial charge in [0.25, 0.3) is 5.91 Å². The van der Waals surface area contributed by atoms with Crippen LogP contribution in [0, 0.1) is 0 Å². The SMILES string of the molecule is CCCOc1ccc(-c2csc(NC(=O)c3cccc(OC)c3OC)n2)cc1. The molecule has 1 N–H and O–H groups in total. The highest BCUT2D eigenvalue weighted by Crippen LogP contribution is 2.32. The molecule has 0 unspecified atom stereocenters. The van der Waals surface area contributed by atoms with Gasteiger partial charge in [-0.1, -0.05) is 13.0 Å². The highest BCUT2D eigenvalue weighted by Gasteiger charge is 2.17. The minimum atomic E-state index is -0.306. The second-order valence-corrected chi connectivity index (χ2v) is 6.76. The second-order valence-electron chi connectivity index (χ2n) is 5.91. The molecule has 0 saturated heterocycles. The number of anilines is 1. The molecule has 1 aromatic heterocycles. The Hall–Kier alpha value is -3.06. The van der Waals surface area contributed by atoms with E-state index in [0.29, 0.717) is 28.8 Å². The highest BCUT2D eigenvalue weighted by molar-refractivity contribution is 7.14. The van der Waals surface area contributed by atoms with Gasteiger partial charge in [0.1, 0.15) is 5.75 Å². The molecule has 0 saturated carbocycles. The number of rotatable bonds is 8. The van der Waals surface area contributed by atoms with Crippen molar-refractivity contribution in [3.05, 3.63) is 53.4 Å². The van der Waals surface area contributed by atoms with Gasteiger partial charge in [-0.2, -0.15) is 0 Å². The van der Waals surface area contributed by atoms with Crippen molar-refractivity contribution in [3.8, 4) is 28.5 Å². The molecule has 0 atom stereocenters. The van der Waals surface area contributed by atoms with Crippen molar-refractivity contribution in [2.75, 3.05) is 26.1 Å². The number of nitrogens with one attached hydrogen (secondary N) is 1. The quantitative estimate of drug-likeness (QED) is 0.586. The molecule has 0 spiro atoms. The van der Waals surface area contributed by atoms with E-state index in [1.165, 1.54) is 25.6 Å². The van der Waals surface area contributed by atoms with Crippen LogP contribution in [0.4, 0.5) is 5.13 Å². The van der Waals surface area contributed by atoms with E-state index in [-0.39, 0.29) is 5.91 Å². The number of thiazole rings is 1. The number of aromatic nitrogens is 1. The largest absolute Gasteiger partial charge is 0.494 e. The number of benzene rings is 2. The van der Waals surface area contributed by atoms with E-state index < -0.39 is 0 Å². The predicted octanol–water partition coefficient (Wildman–Crippen LogP) is 4.87. The smallest absolute Gasteiger partial charge is 0.261 e. The van der Waals surface area contributed by atoms with Gasteiger partial charge in [-0.05, 0) is 42.8 Å². The number of ether oxygens (including phenoxy) is 3. The first-order valence-electron chi connectivity index (χ1n) is 8.87. The van der Waals surface area contributed by atoms with Gasteiger partial charge in [0.05, 0.1) is 32.1 Å². The molecule has 0 aliphatic rings. The fraction of sp³-hybridized carbons (Fsp3) is 0.238. The molecular weight excluding hydrogens is 376 g/mol. The Balaban J connectivity index is 1.73. The molecule has 28 heavy (non-hydrogen) atoms. The first-order valence-corrected chi connectivity index (χ1v) is 9.75. The zero-order valence-electron chi connectivity index (χ0n) is 16.0. The molecule has 0 radical (unpaired) electrons. The summed E-state index contributed by atoms with van der Waals surface area (Å²) < 4.78 is 16.2. The summed E-state index contributed by atoms with van der Waals surface area (Å²) in [6.45, 7) is 2.76. The molecule has 3 rings (SSSR count). The Morgan fingerprint density at radius 2 is 1.89 bits per heavy atom. The average molecular weight is 398 g/mol. The molecule has 0 fully saturated rings. The van der Waals surface area contributed by atoms with E-state index >= 15 is 0 Å². The minimum absolute atomic E-state index is 0.306. The van der Waals surface area contributed by atoms with Crippen molar-refractivity contribution in [2.45, 2.75) is 13.3 Å². The minimum Gasteiger partial charge on any atom is -0.494 e. The van der Waals surface area contributed by atoms with Crippen molar-refractivity contribution < 1.29 is 19.0 Å². The van der Waals surface area contributed by atoms with Crippen molar-refractivity contribution in [2.24, 2.45) is 0 Å². The maximum absolute atomic E-state index is 12.7. The van der Waals surface area contributed by atoms with Crippen molar-refractivity contribution >= 4 is 22.4 Å². The lowest BCUT2D eigenvalue weighted by atomic mass is 10.1. The fourth-order valence-corrected chi connectivity index (χ4v) is 3.35. The van der Waals surface area contributed by atoms with Crippen LogP contribution in [0.2, 0.25) is 0 Å². The zero-order valence-corrected chi connectivity index (χ0v) is 16.8. The summed E-state index contributed by atoms with van der Waals surface area (Å²) in [5.41, 5.74) is 2.13. The maximum Gasteiger partial charge on any atom is 0.261 e. The van der Waals surface area contributed by atoms with Crippen LogP contribution >= 0.6 is 11.3 Å². The number of hydrogen-bond donors (Lipinski definition) is 1. The van der Waals surface area contributed by atoms with Crippen LogP contribution in [-0.2, 0) is 0 Å². The summed E-state index contributed by atoms with van der Waals surface area (Å²) >= 11 is 1.36. The molecule has 7 heteroatoms. The molecule has 146 valence electrons. The van der Waals surface area contributed by atoms with Crippen LogP contribution in [0.3, 0.4) is 0 Å². The molecule has 1 amide bonds.